The van der Waals surface area contributed by atoms with Crippen LogP contribution in [0.4, 0.5) is 0 Å². The first-order chi connectivity index (χ1) is 11.8. The average Bonchev–Trinajstić information content (AvgIpc) is 2.59. The van der Waals surface area contributed by atoms with Crippen LogP contribution in [-0.4, -0.2) is 17.9 Å². The first-order valence-electron chi connectivity index (χ1n) is 9.82. The summed E-state index contributed by atoms with van der Waals surface area (Å²) in [5, 5.41) is 0.290. The van der Waals surface area contributed by atoms with Gasteiger partial charge in [0, 0.05) is 5.41 Å². The van der Waals surface area contributed by atoms with E-state index in [9.17, 15) is 4.79 Å². The number of alkyl halides is 1. The number of allylic oxidation sites excluding steroid dienone is 3. The Balaban J connectivity index is 1.86. The second-order valence-corrected chi connectivity index (χ2v) is 10.0. The molecule has 3 aliphatic carbocycles. The van der Waals surface area contributed by atoms with Gasteiger partial charge in [0.2, 0.25) is 0 Å². The quantitative estimate of drug-likeness (QED) is 0.321. The lowest BCUT2D eigenvalue weighted by Crippen LogP contribution is -2.51. The zero-order valence-electron chi connectivity index (χ0n) is 16.1. The SMILES string of the molecule is C=C[C@@]1(C)CC=C2C(CCC3[C@](C)(COC(=O)CBr)CCC[C@@]23C)C1. The molecule has 2 unspecified atom stereocenters. The van der Waals surface area contributed by atoms with Crippen molar-refractivity contribution in [1.29, 1.82) is 0 Å². The Labute approximate surface area is 161 Å². The van der Waals surface area contributed by atoms with E-state index < -0.39 is 0 Å². The number of ether oxygens (including phenoxy) is 1. The van der Waals surface area contributed by atoms with E-state index in [2.05, 4.69) is 55.4 Å². The fourth-order valence-corrected chi connectivity index (χ4v) is 6.37. The van der Waals surface area contributed by atoms with Crippen LogP contribution in [0.15, 0.2) is 24.3 Å². The van der Waals surface area contributed by atoms with Crippen molar-refractivity contribution in [3.8, 4) is 0 Å². The van der Waals surface area contributed by atoms with E-state index >= 15 is 0 Å². The number of carbonyl (C=O) groups is 1. The molecule has 0 spiro atoms. The highest BCUT2D eigenvalue weighted by Gasteiger charge is 2.55. The standard InChI is InChI=1S/C22H33BrO2/c1-5-20(2)12-9-17-16(13-20)7-8-18-21(3,15-25-19(24)14-23)10-6-11-22(17,18)4/h5,9,16,18H,1,6-8,10-15H2,2-4H3/t16?,18?,20-,21-,22-/m0/s1. The summed E-state index contributed by atoms with van der Waals surface area (Å²) in [5.74, 6) is 1.19. The van der Waals surface area contributed by atoms with Gasteiger partial charge in [0.05, 0.1) is 6.61 Å². The van der Waals surface area contributed by atoms with E-state index in [1.54, 1.807) is 5.57 Å². The molecule has 0 aromatic heterocycles. The molecule has 0 radical (unpaired) electrons. The molecule has 2 nitrogen and oxygen atoms in total. The minimum atomic E-state index is -0.138. The van der Waals surface area contributed by atoms with E-state index in [1.807, 2.05) is 0 Å². The Bertz CT molecular complexity index is 583. The second-order valence-electron chi connectivity index (χ2n) is 9.47. The maximum absolute atomic E-state index is 11.7. The van der Waals surface area contributed by atoms with Gasteiger partial charge in [-0.2, -0.15) is 0 Å². The van der Waals surface area contributed by atoms with Gasteiger partial charge in [-0.3, -0.25) is 4.79 Å². The minimum Gasteiger partial charge on any atom is -0.464 e. The molecule has 2 saturated carbocycles. The van der Waals surface area contributed by atoms with E-state index in [1.165, 1.54) is 38.5 Å². The molecular formula is C22H33BrO2. The molecule has 0 aromatic rings. The molecule has 0 aliphatic heterocycles. The van der Waals surface area contributed by atoms with Gasteiger partial charge in [-0.25, -0.2) is 0 Å². The average molecular weight is 409 g/mol. The summed E-state index contributed by atoms with van der Waals surface area (Å²) in [4.78, 5) is 11.7. The van der Waals surface area contributed by atoms with Gasteiger partial charge in [0.1, 0.15) is 5.33 Å². The van der Waals surface area contributed by atoms with Gasteiger partial charge in [0.15, 0.2) is 0 Å². The lowest BCUT2D eigenvalue weighted by Gasteiger charge is -2.59. The molecular weight excluding hydrogens is 376 g/mol. The Morgan fingerprint density at radius 2 is 2.12 bits per heavy atom. The highest BCUT2D eigenvalue weighted by molar-refractivity contribution is 9.09. The zero-order valence-corrected chi connectivity index (χ0v) is 17.7. The van der Waals surface area contributed by atoms with E-state index in [4.69, 9.17) is 4.74 Å². The molecule has 0 amide bonds. The molecule has 0 aromatic carbocycles. The van der Waals surface area contributed by atoms with E-state index in [0.717, 1.165) is 6.42 Å². The van der Waals surface area contributed by atoms with Gasteiger partial charge in [0.25, 0.3) is 0 Å². The third kappa shape index (κ3) is 3.38. The van der Waals surface area contributed by atoms with Crippen LogP contribution < -0.4 is 0 Å². The third-order valence-electron chi connectivity index (χ3n) is 7.62. The number of fused-ring (bicyclic) bond motifs is 3. The number of hydrogen-bond donors (Lipinski definition) is 0. The first-order valence-corrected chi connectivity index (χ1v) is 10.9. The molecule has 3 aliphatic rings. The molecule has 3 rings (SSSR count). The van der Waals surface area contributed by atoms with Crippen molar-refractivity contribution >= 4 is 21.9 Å². The summed E-state index contributed by atoms with van der Waals surface area (Å²) in [6.07, 6.45) is 13.3. The van der Waals surface area contributed by atoms with Crippen molar-refractivity contribution in [3.05, 3.63) is 24.3 Å². The summed E-state index contributed by atoms with van der Waals surface area (Å²) in [5.41, 5.74) is 2.36. The van der Waals surface area contributed by atoms with Gasteiger partial charge in [-0.05, 0) is 61.2 Å². The van der Waals surface area contributed by atoms with Crippen molar-refractivity contribution in [3.63, 3.8) is 0 Å². The normalized spacial score (nSPS) is 43.4. The monoisotopic (exact) mass is 408 g/mol. The summed E-state index contributed by atoms with van der Waals surface area (Å²) in [6, 6.07) is 0. The van der Waals surface area contributed by atoms with Crippen LogP contribution in [0, 0.1) is 28.1 Å². The molecule has 25 heavy (non-hydrogen) atoms. The molecule has 2 fully saturated rings. The fraction of sp³-hybridized carbons (Fsp3) is 0.773. The maximum Gasteiger partial charge on any atom is 0.316 e. The van der Waals surface area contributed by atoms with Crippen LogP contribution in [0.25, 0.3) is 0 Å². The molecule has 0 heterocycles. The van der Waals surface area contributed by atoms with Crippen LogP contribution in [0.5, 0.6) is 0 Å². The second kappa shape index (κ2) is 6.87. The van der Waals surface area contributed by atoms with Crippen LogP contribution in [0.1, 0.15) is 65.7 Å². The van der Waals surface area contributed by atoms with Crippen molar-refractivity contribution in [2.24, 2.45) is 28.1 Å². The summed E-state index contributed by atoms with van der Waals surface area (Å²) >= 11 is 3.21. The lowest BCUT2D eigenvalue weighted by atomic mass is 9.46. The highest BCUT2D eigenvalue weighted by atomic mass is 79.9. The van der Waals surface area contributed by atoms with Gasteiger partial charge in [-0.15, -0.1) is 6.58 Å². The Hall–Kier alpha value is -0.570. The molecule has 5 atom stereocenters. The molecule has 0 bridgehead atoms. The molecule has 3 heteroatoms. The van der Waals surface area contributed by atoms with E-state index in [-0.39, 0.29) is 22.2 Å². The smallest absolute Gasteiger partial charge is 0.316 e. The fourth-order valence-electron chi connectivity index (χ4n) is 6.20. The third-order valence-corrected chi connectivity index (χ3v) is 8.08. The first kappa shape index (κ1) is 19.2. The summed E-state index contributed by atoms with van der Waals surface area (Å²) in [6.45, 7) is 11.9. The highest BCUT2D eigenvalue weighted by Crippen LogP contribution is 2.63. The van der Waals surface area contributed by atoms with Gasteiger partial charge in [-0.1, -0.05) is 60.8 Å². The minimum absolute atomic E-state index is 0.107. The number of halogens is 1. The van der Waals surface area contributed by atoms with Crippen LogP contribution in [-0.2, 0) is 9.53 Å². The van der Waals surface area contributed by atoms with Gasteiger partial charge < -0.3 is 4.74 Å². The van der Waals surface area contributed by atoms with Crippen molar-refractivity contribution < 1.29 is 9.53 Å². The van der Waals surface area contributed by atoms with Crippen LogP contribution >= 0.6 is 15.9 Å². The predicted octanol–water partition coefficient (Wildman–Crippen LogP) is 6.06. The molecule has 140 valence electrons. The zero-order chi connectivity index (χ0) is 18.3. The van der Waals surface area contributed by atoms with Gasteiger partial charge >= 0.3 is 5.97 Å². The van der Waals surface area contributed by atoms with Crippen LogP contribution in [0.2, 0.25) is 0 Å². The maximum atomic E-state index is 11.7. The van der Waals surface area contributed by atoms with Crippen molar-refractivity contribution in [2.75, 3.05) is 11.9 Å². The molecule has 0 saturated heterocycles. The van der Waals surface area contributed by atoms with Crippen LogP contribution in [0.3, 0.4) is 0 Å². The van der Waals surface area contributed by atoms with Crippen molar-refractivity contribution in [1.82, 2.24) is 0 Å². The topological polar surface area (TPSA) is 26.3 Å². The Morgan fingerprint density at radius 1 is 1.36 bits per heavy atom. The number of carbonyl (C=O) groups excluding carboxylic acids is 1. The summed E-state index contributed by atoms with van der Waals surface area (Å²) < 4.78 is 5.60. The summed E-state index contributed by atoms with van der Waals surface area (Å²) in [7, 11) is 0. The van der Waals surface area contributed by atoms with E-state index in [0.29, 0.717) is 23.8 Å². The Morgan fingerprint density at radius 3 is 2.80 bits per heavy atom. The number of esters is 1. The predicted molar refractivity (Wildman–Crippen MR) is 107 cm³/mol. The number of hydrogen-bond acceptors (Lipinski definition) is 2. The number of rotatable bonds is 4. The molecule has 0 N–H and O–H groups in total. The largest absolute Gasteiger partial charge is 0.464 e. The lowest BCUT2D eigenvalue weighted by molar-refractivity contribution is -0.149. The Kier molecular flexibility index (Phi) is 5.27. The van der Waals surface area contributed by atoms with Crippen molar-refractivity contribution in [2.45, 2.75) is 65.7 Å².